The first-order valence-electron chi connectivity index (χ1n) is 12.3. The number of nitrogens with one attached hydrogen (secondary N) is 1. The summed E-state index contributed by atoms with van der Waals surface area (Å²) in [5.74, 6) is -0.176. The highest BCUT2D eigenvalue weighted by Gasteiger charge is 2.52. The van der Waals surface area contributed by atoms with E-state index in [0.29, 0.717) is 35.3 Å². The predicted octanol–water partition coefficient (Wildman–Crippen LogP) is 5.46. The third-order valence-electron chi connectivity index (χ3n) is 7.25. The van der Waals surface area contributed by atoms with E-state index in [-0.39, 0.29) is 18.5 Å². The normalized spacial score (nSPS) is 25.6. The molecule has 0 amide bonds. The smallest absolute Gasteiger partial charge is 0.360 e. The van der Waals surface area contributed by atoms with Crippen molar-refractivity contribution in [1.82, 2.24) is 0 Å². The molecule has 194 valence electrons. The number of nitrogens with zero attached hydrogens (tertiary/aromatic N) is 3. The molecule has 2 saturated carbocycles. The zero-order valence-corrected chi connectivity index (χ0v) is 21.9. The van der Waals surface area contributed by atoms with Crippen molar-refractivity contribution in [3.05, 3.63) is 48.5 Å². The van der Waals surface area contributed by atoms with Gasteiger partial charge in [-0.1, -0.05) is 6.92 Å². The van der Waals surface area contributed by atoms with E-state index in [1.54, 1.807) is 31.2 Å². The highest BCUT2D eigenvalue weighted by molar-refractivity contribution is 7.88. The topological polar surface area (TPSA) is 110 Å². The molecule has 1 unspecified atom stereocenters. The Morgan fingerprint density at radius 3 is 2.22 bits per heavy atom. The summed E-state index contributed by atoms with van der Waals surface area (Å²) in [4.78, 5) is 14.7. The van der Waals surface area contributed by atoms with Gasteiger partial charge in [0.15, 0.2) is 0 Å². The number of hydrogen-bond acceptors (Lipinski definition) is 8. The Labute approximate surface area is 213 Å². The monoisotopic (exact) mass is 514 g/mol. The molecule has 2 fully saturated rings. The lowest BCUT2D eigenvalue weighted by Gasteiger charge is -2.38. The molecular formula is C26H34N4O5S. The van der Waals surface area contributed by atoms with Gasteiger partial charge in [-0.05, 0) is 92.5 Å². The van der Waals surface area contributed by atoms with E-state index in [1.165, 1.54) is 0 Å². The number of ether oxygens (including phenoxy) is 1. The van der Waals surface area contributed by atoms with Gasteiger partial charge >= 0.3 is 16.3 Å². The average Bonchev–Trinajstić information content (AvgIpc) is 3.07. The van der Waals surface area contributed by atoms with Crippen LogP contribution in [0, 0.1) is 23.7 Å². The minimum atomic E-state index is -4.15. The average molecular weight is 515 g/mol. The number of rotatable bonds is 9. The number of fused-ring (bicyclic) bond motifs is 2. The number of anilines is 2. The summed E-state index contributed by atoms with van der Waals surface area (Å²) >= 11 is 0. The van der Waals surface area contributed by atoms with Crippen LogP contribution in [-0.2, 0) is 24.0 Å². The summed E-state index contributed by atoms with van der Waals surface area (Å²) in [6.07, 6.45) is 1.66. The van der Waals surface area contributed by atoms with Crippen LogP contribution in [0.25, 0.3) is 0 Å². The maximum Gasteiger partial charge on any atom is 0.360 e. The molecule has 1 N–H and O–H groups in total. The van der Waals surface area contributed by atoms with Gasteiger partial charge in [0.25, 0.3) is 0 Å². The molecule has 36 heavy (non-hydrogen) atoms. The third kappa shape index (κ3) is 6.04. The summed E-state index contributed by atoms with van der Waals surface area (Å²) in [5, 5.41) is 8.44. The Balaban J connectivity index is 1.40. The highest BCUT2D eigenvalue weighted by atomic mass is 32.2. The molecule has 4 rings (SSSR count). The molecule has 2 aliphatic carbocycles. The summed E-state index contributed by atoms with van der Waals surface area (Å²) < 4.78 is 39.0. The van der Waals surface area contributed by atoms with Crippen LogP contribution in [0.3, 0.4) is 0 Å². The minimum Gasteiger partial charge on any atom is -0.466 e. The van der Waals surface area contributed by atoms with Gasteiger partial charge in [0.1, 0.15) is 0 Å². The fourth-order valence-electron chi connectivity index (χ4n) is 5.37. The quantitative estimate of drug-likeness (QED) is 0.352. The van der Waals surface area contributed by atoms with E-state index in [2.05, 4.69) is 21.9 Å². The maximum absolute atomic E-state index is 12.8. The summed E-state index contributed by atoms with van der Waals surface area (Å²) in [7, 11) is -0.212. The van der Waals surface area contributed by atoms with Crippen molar-refractivity contribution in [2.24, 2.45) is 33.9 Å². The van der Waals surface area contributed by atoms with E-state index >= 15 is 0 Å². The van der Waals surface area contributed by atoms with Gasteiger partial charge in [-0.25, -0.2) is 4.18 Å². The van der Waals surface area contributed by atoms with E-state index in [1.807, 2.05) is 43.3 Å². The highest BCUT2D eigenvalue weighted by Crippen LogP contribution is 2.51. The van der Waals surface area contributed by atoms with Gasteiger partial charge in [0.2, 0.25) is 0 Å². The van der Waals surface area contributed by atoms with Gasteiger partial charge in [-0.2, -0.15) is 18.6 Å². The summed E-state index contributed by atoms with van der Waals surface area (Å²) in [6.45, 7) is 4.14. The number of carbonyl (C=O) groups is 1. The van der Waals surface area contributed by atoms with Crippen molar-refractivity contribution in [3.8, 4) is 0 Å². The van der Waals surface area contributed by atoms with E-state index in [9.17, 15) is 13.2 Å². The molecule has 0 aliphatic heterocycles. The van der Waals surface area contributed by atoms with Crippen LogP contribution in [0.4, 0.5) is 22.7 Å². The van der Waals surface area contributed by atoms with Gasteiger partial charge in [0, 0.05) is 19.8 Å². The molecule has 2 aromatic rings. The number of hydrogen-bond donors (Lipinski definition) is 1. The van der Waals surface area contributed by atoms with E-state index < -0.39 is 22.3 Å². The molecule has 2 aromatic carbocycles. The van der Waals surface area contributed by atoms with Crippen molar-refractivity contribution in [3.63, 3.8) is 0 Å². The lowest BCUT2D eigenvalue weighted by atomic mass is 9.71. The molecule has 0 spiro atoms. The van der Waals surface area contributed by atoms with Crippen LogP contribution < -0.4 is 9.62 Å². The number of carbonyl (C=O) groups excluding carboxylic acids is 1. The molecule has 9 nitrogen and oxygen atoms in total. The summed E-state index contributed by atoms with van der Waals surface area (Å²) in [6, 6.07) is 14.2. The second-order valence-corrected chi connectivity index (χ2v) is 11.0. The minimum absolute atomic E-state index is 0.0757. The number of benzene rings is 2. The van der Waals surface area contributed by atoms with Crippen molar-refractivity contribution < 1.29 is 22.1 Å². The molecule has 2 bridgehead atoms. The largest absolute Gasteiger partial charge is 0.466 e. The van der Waals surface area contributed by atoms with Crippen molar-refractivity contribution in [2.45, 2.75) is 39.2 Å². The van der Waals surface area contributed by atoms with Crippen LogP contribution in [0.2, 0.25) is 0 Å². The molecule has 0 aromatic heterocycles. The van der Waals surface area contributed by atoms with Gasteiger partial charge in [-0.15, -0.1) is 0 Å². The van der Waals surface area contributed by atoms with Crippen LogP contribution in [0.5, 0.6) is 0 Å². The SMILES string of the molecule is CCOC(=O)[C@H]1[C@@H]2CC[C@H](C[C@H]1OS(=O)(=O)Nc1ccc(N=Nc3ccc(N(C)C)cc3)cc1)C2C. The molecule has 0 saturated heterocycles. The fraction of sp³-hybridized carbons (Fsp3) is 0.500. The standard InChI is InChI=1S/C26H34N4O5S/c1-5-34-26(31)25-23-15-6-18(17(23)2)16-24(25)35-36(32,33)29-21-9-7-19(8-10-21)27-28-20-11-13-22(14-12-20)30(3)4/h7-14,17-18,23-25,29H,5-6,15-16H2,1-4H3/t17?,18-,23-,24-,25+/m1/s1. The van der Waals surface area contributed by atoms with Crippen molar-refractivity contribution in [2.75, 3.05) is 30.3 Å². The zero-order valence-electron chi connectivity index (χ0n) is 21.1. The number of esters is 1. The van der Waals surface area contributed by atoms with Gasteiger partial charge < -0.3 is 9.64 Å². The van der Waals surface area contributed by atoms with Crippen LogP contribution >= 0.6 is 0 Å². The molecule has 0 heterocycles. The van der Waals surface area contributed by atoms with Crippen LogP contribution in [-0.4, -0.2) is 41.2 Å². The Morgan fingerprint density at radius 1 is 1.03 bits per heavy atom. The van der Waals surface area contributed by atoms with Gasteiger partial charge in [-0.3, -0.25) is 9.52 Å². The Morgan fingerprint density at radius 2 is 1.64 bits per heavy atom. The lowest BCUT2D eigenvalue weighted by molar-refractivity contribution is -0.157. The molecule has 5 atom stereocenters. The third-order valence-corrected chi connectivity index (χ3v) is 8.24. The first kappa shape index (κ1) is 26.1. The van der Waals surface area contributed by atoms with Gasteiger partial charge in [0.05, 0.1) is 35.7 Å². The zero-order chi connectivity index (χ0) is 25.9. The lowest BCUT2D eigenvalue weighted by Crippen LogP contribution is -2.45. The van der Waals surface area contributed by atoms with E-state index in [4.69, 9.17) is 8.92 Å². The van der Waals surface area contributed by atoms with Crippen molar-refractivity contribution in [1.29, 1.82) is 0 Å². The summed E-state index contributed by atoms with van der Waals surface area (Å²) in [5.41, 5.74) is 2.70. The first-order chi connectivity index (χ1) is 17.2. The van der Waals surface area contributed by atoms with E-state index in [0.717, 1.165) is 18.5 Å². The fourth-order valence-corrected chi connectivity index (χ4v) is 6.36. The molecule has 0 radical (unpaired) electrons. The molecule has 2 aliphatic rings. The van der Waals surface area contributed by atoms with Crippen molar-refractivity contribution >= 4 is 39.0 Å². The predicted molar refractivity (Wildman–Crippen MR) is 139 cm³/mol. The molecular weight excluding hydrogens is 480 g/mol. The Bertz CT molecular complexity index is 1180. The van der Waals surface area contributed by atoms with Crippen LogP contribution in [0.1, 0.15) is 33.1 Å². The Kier molecular flexibility index (Phi) is 7.94. The molecule has 10 heteroatoms. The maximum atomic E-state index is 12.8. The first-order valence-corrected chi connectivity index (χ1v) is 13.7. The number of azo groups is 1. The second kappa shape index (κ2) is 11.0. The second-order valence-electron chi connectivity index (χ2n) is 9.72. The Hall–Kier alpha value is -2.98. The van der Waals surface area contributed by atoms with Crippen LogP contribution in [0.15, 0.2) is 58.8 Å².